The smallest absolute Gasteiger partial charge is 0.239 e. The first-order chi connectivity index (χ1) is 5.33. The molecule has 0 aliphatic heterocycles. The highest BCUT2D eigenvalue weighted by molar-refractivity contribution is 5.44. The summed E-state index contributed by atoms with van der Waals surface area (Å²) >= 11 is 0. The number of rotatable bonds is 3. The molecule has 0 radical (unpaired) electrons. The van der Waals surface area contributed by atoms with E-state index in [0.29, 0.717) is 12.2 Å². The Morgan fingerprint density at radius 3 is 2.55 bits per heavy atom. The van der Waals surface area contributed by atoms with Crippen LogP contribution in [0.25, 0.3) is 0 Å². The van der Waals surface area contributed by atoms with Gasteiger partial charge in [-0.2, -0.15) is 5.48 Å². The van der Waals surface area contributed by atoms with E-state index in [4.69, 9.17) is 5.11 Å². The van der Waals surface area contributed by atoms with Crippen molar-refractivity contribution in [2.45, 2.75) is 0 Å². The van der Waals surface area contributed by atoms with Crippen molar-refractivity contribution in [1.29, 1.82) is 0 Å². The van der Waals surface area contributed by atoms with Crippen LogP contribution in [0.1, 0.15) is 0 Å². The molecule has 0 saturated carbocycles. The van der Waals surface area contributed by atoms with Gasteiger partial charge >= 0.3 is 0 Å². The van der Waals surface area contributed by atoms with Gasteiger partial charge in [-0.3, -0.25) is 4.79 Å². The summed E-state index contributed by atoms with van der Waals surface area (Å²) in [7, 11) is 0. The lowest BCUT2D eigenvalue weighted by Gasteiger charge is -2.00. The second-order valence-electron chi connectivity index (χ2n) is 1.83. The molecule has 0 aliphatic carbocycles. The van der Waals surface area contributed by atoms with E-state index in [1.165, 1.54) is 24.3 Å². The molecule has 1 rings (SSSR count). The largest absolute Gasteiger partial charge is 0.508 e. The molecule has 0 atom stereocenters. The molecule has 0 aromatic heterocycles. The molecule has 1 aromatic rings. The molecule has 0 fully saturated rings. The quantitative estimate of drug-likeness (QED) is 0.489. The lowest BCUT2D eigenvalue weighted by Crippen LogP contribution is -2.14. The Balaban J connectivity index is 2.58. The highest BCUT2D eigenvalue weighted by Crippen LogP contribution is 2.14. The second-order valence-corrected chi connectivity index (χ2v) is 1.83. The monoisotopic (exact) mass is 153 g/mol. The number of phenolic OH excluding ortho intramolecular Hbond substituents is 1. The fourth-order valence-corrected chi connectivity index (χ4v) is 0.606. The first-order valence-electron chi connectivity index (χ1n) is 2.98. The maximum atomic E-state index is 9.76. The van der Waals surface area contributed by atoms with Crippen LogP contribution >= 0.6 is 0 Å². The third-order valence-corrected chi connectivity index (χ3v) is 1.06. The number of carbonyl (C=O) groups is 1. The number of benzene rings is 1. The van der Waals surface area contributed by atoms with Crippen LogP contribution in [0.15, 0.2) is 24.3 Å². The van der Waals surface area contributed by atoms with Crippen molar-refractivity contribution in [3.8, 4) is 11.5 Å². The molecule has 1 aromatic carbocycles. The molecule has 4 heteroatoms. The molecule has 0 spiro atoms. The zero-order valence-electron chi connectivity index (χ0n) is 5.65. The van der Waals surface area contributed by atoms with E-state index >= 15 is 0 Å². The average molecular weight is 153 g/mol. The zero-order valence-corrected chi connectivity index (χ0v) is 5.65. The summed E-state index contributed by atoms with van der Waals surface area (Å²) in [4.78, 5) is 14.4. The molecule has 0 heterocycles. The Morgan fingerprint density at radius 2 is 2.00 bits per heavy atom. The highest BCUT2D eigenvalue weighted by Gasteiger charge is 1.91. The van der Waals surface area contributed by atoms with Crippen molar-refractivity contribution < 1.29 is 14.7 Å². The van der Waals surface area contributed by atoms with Crippen LogP contribution in [-0.2, 0) is 4.79 Å². The highest BCUT2D eigenvalue weighted by atomic mass is 16.6. The first-order valence-corrected chi connectivity index (χ1v) is 2.98. The predicted octanol–water partition coefficient (Wildman–Crippen LogP) is 0.432. The number of aromatic hydroxyl groups is 1. The van der Waals surface area contributed by atoms with Gasteiger partial charge in [0.25, 0.3) is 0 Å². The van der Waals surface area contributed by atoms with Crippen molar-refractivity contribution in [3.05, 3.63) is 24.3 Å². The Hall–Kier alpha value is -1.71. The lowest BCUT2D eigenvalue weighted by molar-refractivity contribution is -0.115. The lowest BCUT2D eigenvalue weighted by atomic mass is 10.3. The maximum absolute atomic E-state index is 9.76. The van der Waals surface area contributed by atoms with Gasteiger partial charge < -0.3 is 9.94 Å². The third-order valence-electron chi connectivity index (χ3n) is 1.06. The minimum Gasteiger partial charge on any atom is -0.508 e. The van der Waals surface area contributed by atoms with Crippen molar-refractivity contribution in [3.63, 3.8) is 0 Å². The van der Waals surface area contributed by atoms with Gasteiger partial charge in [0, 0.05) is 0 Å². The van der Waals surface area contributed by atoms with Crippen LogP contribution in [0.4, 0.5) is 0 Å². The Kier molecular flexibility index (Phi) is 2.32. The normalized spacial score (nSPS) is 8.73. The molecule has 58 valence electrons. The molecule has 0 aliphatic rings. The summed E-state index contributed by atoms with van der Waals surface area (Å²) in [6.07, 6.45) is 0.423. The minimum absolute atomic E-state index is 0.156. The Morgan fingerprint density at radius 1 is 1.36 bits per heavy atom. The van der Waals surface area contributed by atoms with E-state index < -0.39 is 0 Å². The van der Waals surface area contributed by atoms with Gasteiger partial charge in [-0.25, -0.2) is 0 Å². The van der Waals surface area contributed by atoms with Gasteiger partial charge in [0.05, 0.1) is 0 Å². The SMILES string of the molecule is O=CNOc1ccc(O)cc1. The van der Waals surface area contributed by atoms with Gasteiger partial charge in [-0.1, -0.05) is 0 Å². The van der Waals surface area contributed by atoms with Gasteiger partial charge in [-0.15, -0.1) is 0 Å². The number of phenols is 1. The topological polar surface area (TPSA) is 58.6 Å². The van der Waals surface area contributed by atoms with E-state index in [-0.39, 0.29) is 5.75 Å². The number of hydrogen-bond donors (Lipinski definition) is 2. The fraction of sp³-hybridized carbons (Fsp3) is 0. The maximum Gasteiger partial charge on any atom is 0.239 e. The molecular formula is C7H7NO3. The number of nitrogens with one attached hydrogen (secondary N) is 1. The molecule has 0 saturated heterocycles. The van der Waals surface area contributed by atoms with Gasteiger partial charge in [0.1, 0.15) is 5.75 Å². The summed E-state index contributed by atoms with van der Waals surface area (Å²) < 4.78 is 0. The standard InChI is InChI=1S/C7H7NO3/c9-5-8-11-7-3-1-6(10)2-4-7/h1-5,10H,(H,8,9). The van der Waals surface area contributed by atoms with E-state index in [1.54, 1.807) is 0 Å². The summed E-state index contributed by atoms with van der Waals surface area (Å²) in [6.45, 7) is 0. The van der Waals surface area contributed by atoms with Crippen LogP contribution in [0, 0.1) is 0 Å². The summed E-state index contributed by atoms with van der Waals surface area (Å²) in [5, 5.41) is 8.84. The van der Waals surface area contributed by atoms with Crippen LogP contribution in [0.3, 0.4) is 0 Å². The van der Waals surface area contributed by atoms with Crippen LogP contribution in [0.2, 0.25) is 0 Å². The minimum atomic E-state index is 0.156. The number of hydrogen-bond acceptors (Lipinski definition) is 3. The summed E-state index contributed by atoms with van der Waals surface area (Å²) in [5.41, 5.74) is 2.02. The summed E-state index contributed by atoms with van der Waals surface area (Å²) in [6, 6.07) is 5.99. The predicted molar refractivity (Wildman–Crippen MR) is 37.9 cm³/mol. The van der Waals surface area contributed by atoms with E-state index in [1.807, 2.05) is 5.48 Å². The number of carbonyl (C=O) groups excluding carboxylic acids is 1. The first kappa shape index (κ1) is 7.40. The van der Waals surface area contributed by atoms with Gasteiger partial charge in [0.2, 0.25) is 6.41 Å². The molecule has 4 nitrogen and oxygen atoms in total. The number of amides is 1. The van der Waals surface area contributed by atoms with Crippen LogP contribution in [-0.4, -0.2) is 11.5 Å². The Labute approximate surface area is 63.4 Å². The second kappa shape index (κ2) is 3.46. The molecule has 2 N–H and O–H groups in total. The van der Waals surface area contributed by atoms with E-state index in [9.17, 15) is 4.79 Å². The molecular weight excluding hydrogens is 146 g/mol. The Bertz CT molecular complexity index is 232. The van der Waals surface area contributed by atoms with Crippen molar-refractivity contribution >= 4 is 6.41 Å². The molecule has 1 amide bonds. The number of hydroxylamine groups is 1. The van der Waals surface area contributed by atoms with E-state index in [0.717, 1.165) is 0 Å². The molecule has 0 unspecified atom stereocenters. The van der Waals surface area contributed by atoms with Crippen LogP contribution in [0.5, 0.6) is 11.5 Å². The zero-order chi connectivity index (χ0) is 8.10. The van der Waals surface area contributed by atoms with Gasteiger partial charge in [0.15, 0.2) is 5.75 Å². The molecule has 11 heavy (non-hydrogen) atoms. The average Bonchev–Trinajstić information content (AvgIpc) is 2.04. The van der Waals surface area contributed by atoms with Crippen LogP contribution < -0.4 is 10.3 Å². The van der Waals surface area contributed by atoms with E-state index in [2.05, 4.69) is 4.84 Å². The fourth-order valence-electron chi connectivity index (χ4n) is 0.606. The van der Waals surface area contributed by atoms with Gasteiger partial charge in [-0.05, 0) is 24.3 Å². The van der Waals surface area contributed by atoms with Crippen molar-refractivity contribution in [2.75, 3.05) is 0 Å². The molecule has 0 bridgehead atoms. The summed E-state index contributed by atoms with van der Waals surface area (Å²) in [5.74, 6) is 0.623. The van der Waals surface area contributed by atoms with Crippen molar-refractivity contribution in [1.82, 2.24) is 5.48 Å². The van der Waals surface area contributed by atoms with Crippen molar-refractivity contribution in [2.24, 2.45) is 0 Å². The third kappa shape index (κ3) is 2.17.